The number of alkyl halides is 1. The lowest BCUT2D eigenvalue weighted by Gasteiger charge is -1.95. The van der Waals surface area contributed by atoms with Crippen LogP contribution in [0.1, 0.15) is 5.69 Å². The van der Waals surface area contributed by atoms with E-state index in [0.29, 0.717) is 12.6 Å². The Bertz CT molecular complexity index is 199. The van der Waals surface area contributed by atoms with Gasteiger partial charge >= 0.3 is 0 Å². The van der Waals surface area contributed by atoms with E-state index in [-0.39, 0.29) is 0 Å². The van der Waals surface area contributed by atoms with Crippen LogP contribution in [0.2, 0.25) is 0 Å². The van der Waals surface area contributed by atoms with Crippen LogP contribution in [0.25, 0.3) is 0 Å². The summed E-state index contributed by atoms with van der Waals surface area (Å²) in [5.41, 5.74) is 0.874. The standard InChI is InChI=1S/C6H9ClN2O/c1-10-5-9-3-6(2-7)8-4-9/h3-4H,2,5H2,1H3. The summed E-state index contributed by atoms with van der Waals surface area (Å²) in [5.74, 6) is 0.455. The molecule has 0 radical (unpaired) electrons. The number of methoxy groups -OCH3 is 1. The van der Waals surface area contributed by atoms with E-state index in [0.717, 1.165) is 5.69 Å². The Hall–Kier alpha value is -0.540. The van der Waals surface area contributed by atoms with Crippen LogP contribution < -0.4 is 0 Å². The molecule has 1 aromatic heterocycles. The van der Waals surface area contributed by atoms with Gasteiger partial charge < -0.3 is 9.30 Å². The quantitative estimate of drug-likeness (QED) is 0.622. The van der Waals surface area contributed by atoms with Crippen LogP contribution in [-0.2, 0) is 17.3 Å². The van der Waals surface area contributed by atoms with Gasteiger partial charge in [0.15, 0.2) is 0 Å². The van der Waals surface area contributed by atoms with Crippen LogP contribution in [0, 0.1) is 0 Å². The van der Waals surface area contributed by atoms with Gasteiger partial charge in [0.05, 0.1) is 17.9 Å². The number of halogens is 1. The molecule has 4 heteroatoms. The molecule has 0 spiro atoms. The Morgan fingerprint density at radius 3 is 3.10 bits per heavy atom. The van der Waals surface area contributed by atoms with Crippen LogP contribution in [0.5, 0.6) is 0 Å². The van der Waals surface area contributed by atoms with Crippen LogP contribution in [-0.4, -0.2) is 16.7 Å². The molecule has 1 aromatic rings. The van der Waals surface area contributed by atoms with Gasteiger partial charge in [0.25, 0.3) is 0 Å². The predicted octanol–water partition coefficient (Wildman–Crippen LogP) is 1.23. The van der Waals surface area contributed by atoms with Gasteiger partial charge in [0, 0.05) is 13.3 Å². The average Bonchev–Trinajstić information content (AvgIpc) is 2.37. The van der Waals surface area contributed by atoms with E-state index in [1.165, 1.54) is 0 Å². The first-order chi connectivity index (χ1) is 4.86. The van der Waals surface area contributed by atoms with E-state index in [1.807, 2.05) is 10.8 Å². The first-order valence-electron chi connectivity index (χ1n) is 2.92. The third-order valence-corrected chi connectivity index (χ3v) is 1.38. The summed E-state index contributed by atoms with van der Waals surface area (Å²) in [7, 11) is 1.64. The van der Waals surface area contributed by atoms with E-state index >= 15 is 0 Å². The number of ether oxygens (including phenoxy) is 1. The van der Waals surface area contributed by atoms with Gasteiger partial charge in [-0.2, -0.15) is 0 Å². The molecule has 3 nitrogen and oxygen atoms in total. The number of aromatic nitrogens is 2. The van der Waals surface area contributed by atoms with E-state index in [9.17, 15) is 0 Å². The molecule has 0 amide bonds. The van der Waals surface area contributed by atoms with Crippen molar-refractivity contribution in [3.63, 3.8) is 0 Å². The molecule has 0 aliphatic heterocycles. The number of hydrogen-bond donors (Lipinski definition) is 0. The first-order valence-corrected chi connectivity index (χ1v) is 3.46. The molecule has 10 heavy (non-hydrogen) atoms. The zero-order chi connectivity index (χ0) is 7.40. The minimum atomic E-state index is 0.455. The second kappa shape index (κ2) is 3.58. The lowest BCUT2D eigenvalue weighted by Crippen LogP contribution is -1.94. The fourth-order valence-electron chi connectivity index (χ4n) is 0.695. The third-order valence-electron chi connectivity index (χ3n) is 1.10. The molecule has 0 aliphatic carbocycles. The molecule has 0 unspecified atom stereocenters. The average molecular weight is 161 g/mol. The maximum absolute atomic E-state index is 5.52. The summed E-state index contributed by atoms with van der Waals surface area (Å²) >= 11 is 5.52. The molecule has 0 aromatic carbocycles. The van der Waals surface area contributed by atoms with Crippen molar-refractivity contribution < 1.29 is 4.74 Å². The Morgan fingerprint density at radius 1 is 1.80 bits per heavy atom. The Labute approximate surface area is 64.6 Å². The van der Waals surface area contributed by atoms with Crippen molar-refractivity contribution in [1.82, 2.24) is 9.55 Å². The molecule has 0 fully saturated rings. The highest BCUT2D eigenvalue weighted by Gasteiger charge is 1.94. The zero-order valence-electron chi connectivity index (χ0n) is 5.75. The molecule has 0 saturated heterocycles. The van der Waals surface area contributed by atoms with Crippen LogP contribution in [0.4, 0.5) is 0 Å². The van der Waals surface area contributed by atoms with Gasteiger partial charge in [-0.15, -0.1) is 11.6 Å². The van der Waals surface area contributed by atoms with Gasteiger partial charge in [0.2, 0.25) is 0 Å². The van der Waals surface area contributed by atoms with Crippen molar-refractivity contribution in [3.05, 3.63) is 18.2 Å². The maximum atomic E-state index is 5.52. The van der Waals surface area contributed by atoms with E-state index in [2.05, 4.69) is 4.98 Å². The predicted molar refractivity (Wildman–Crippen MR) is 38.8 cm³/mol. The van der Waals surface area contributed by atoms with Gasteiger partial charge in [-0.25, -0.2) is 4.98 Å². The summed E-state index contributed by atoms with van der Waals surface area (Å²) in [6.45, 7) is 0.532. The molecular weight excluding hydrogens is 152 g/mol. The molecule has 1 rings (SSSR count). The summed E-state index contributed by atoms with van der Waals surface area (Å²) in [4.78, 5) is 4.00. The van der Waals surface area contributed by atoms with Gasteiger partial charge in [-0.1, -0.05) is 0 Å². The zero-order valence-corrected chi connectivity index (χ0v) is 6.51. The Kier molecular flexibility index (Phi) is 2.71. The van der Waals surface area contributed by atoms with Crippen molar-refractivity contribution in [2.24, 2.45) is 0 Å². The molecule has 0 atom stereocenters. The third kappa shape index (κ3) is 1.72. The van der Waals surface area contributed by atoms with Gasteiger partial charge in [-0.05, 0) is 0 Å². The summed E-state index contributed by atoms with van der Waals surface area (Å²) < 4.78 is 6.70. The number of imidazole rings is 1. The molecule has 0 N–H and O–H groups in total. The fourth-order valence-corrected chi connectivity index (χ4v) is 0.833. The second-order valence-corrected chi connectivity index (χ2v) is 2.20. The van der Waals surface area contributed by atoms with Crippen molar-refractivity contribution in [2.45, 2.75) is 12.6 Å². The van der Waals surface area contributed by atoms with E-state index in [1.54, 1.807) is 13.4 Å². The summed E-state index contributed by atoms with van der Waals surface area (Å²) in [5, 5.41) is 0. The highest BCUT2D eigenvalue weighted by molar-refractivity contribution is 6.16. The van der Waals surface area contributed by atoms with Crippen molar-refractivity contribution in [2.75, 3.05) is 7.11 Å². The first kappa shape index (κ1) is 7.57. The Morgan fingerprint density at radius 2 is 2.60 bits per heavy atom. The molecule has 0 saturated carbocycles. The summed E-state index contributed by atoms with van der Waals surface area (Å²) in [6.07, 6.45) is 3.55. The van der Waals surface area contributed by atoms with Crippen molar-refractivity contribution >= 4 is 11.6 Å². The minimum Gasteiger partial charge on any atom is -0.364 e. The second-order valence-electron chi connectivity index (χ2n) is 1.93. The number of nitrogens with zero attached hydrogens (tertiary/aromatic N) is 2. The molecule has 1 heterocycles. The number of rotatable bonds is 3. The van der Waals surface area contributed by atoms with Crippen LogP contribution >= 0.6 is 11.6 Å². The van der Waals surface area contributed by atoms with Gasteiger partial charge in [-0.3, -0.25) is 0 Å². The summed E-state index contributed by atoms with van der Waals surface area (Å²) in [6, 6.07) is 0. The highest BCUT2D eigenvalue weighted by Crippen LogP contribution is 1.99. The highest BCUT2D eigenvalue weighted by atomic mass is 35.5. The van der Waals surface area contributed by atoms with Gasteiger partial charge in [0.1, 0.15) is 6.73 Å². The minimum absolute atomic E-state index is 0.455. The molecule has 56 valence electrons. The molecular formula is C6H9ClN2O. The normalized spacial score (nSPS) is 10.2. The van der Waals surface area contributed by atoms with E-state index < -0.39 is 0 Å². The lowest BCUT2D eigenvalue weighted by atomic mass is 10.6. The SMILES string of the molecule is COCn1cnc(CCl)c1. The maximum Gasteiger partial charge on any atom is 0.123 e. The fraction of sp³-hybridized carbons (Fsp3) is 0.500. The van der Waals surface area contributed by atoms with E-state index in [4.69, 9.17) is 16.3 Å². The topological polar surface area (TPSA) is 27.1 Å². The van der Waals surface area contributed by atoms with Crippen molar-refractivity contribution in [3.8, 4) is 0 Å². The lowest BCUT2D eigenvalue weighted by molar-refractivity contribution is 0.131. The molecule has 0 aliphatic rings. The largest absolute Gasteiger partial charge is 0.364 e. The molecule has 0 bridgehead atoms. The van der Waals surface area contributed by atoms with Crippen molar-refractivity contribution in [1.29, 1.82) is 0 Å². The smallest absolute Gasteiger partial charge is 0.123 e. The number of hydrogen-bond acceptors (Lipinski definition) is 2. The van der Waals surface area contributed by atoms with Crippen LogP contribution in [0.15, 0.2) is 12.5 Å². The Balaban J connectivity index is 2.59. The monoisotopic (exact) mass is 160 g/mol. The van der Waals surface area contributed by atoms with Crippen LogP contribution in [0.3, 0.4) is 0 Å².